The number of benzene rings is 2. The van der Waals surface area contributed by atoms with Crippen molar-refractivity contribution in [1.82, 2.24) is 15.1 Å². The van der Waals surface area contributed by atoms with Crippen molar-refractivity contribution < 1.29 is 19.1 Å². The van der Waals surface area contributed by atoms with E-state index in [1.54, 1.807) is 4.90 Å². The van der Waals surface area contributed by atoms with Crippen LogP contribution in [-0.4, -0.2) is 71.4 Å². The highest BCUT2D eigenvalue weighted by Gasteiger charge is 2.72. The summed E-state index contributed by atoms with van der Waals surface area (Å²) in [5.41, 5.74) is 0.739. The number of hydrogen-bond donors (Lipinski definition) is 2. The fraction of sp³-hybridized carbons (Fsp3) is 0.485. The van der Waals surface area contributed by atoms with E-state index < -0.39 is 29.6 Å². The van der Waals surface area contributed by atoms with Gasteiger partial charge in [-0.15, -0.1) is 0 Å². The Bertz CT molecular complexity index is 1330. The summed E-state index contributed by atoms with van der Waals surface area (Å²) in [7, 11) is 2.06. The van der Waals surface area contributed by atoms with Crippen LogP contribution in [0.1, 0.15) is 44.1 Å². The molecule has 3 aliphatic heterocycles. The second kappa shape index (κ2) is 12.3. The van der Waals surface area contributed by atoms with Crippen LogP contribution in [0.15, 0.2) is 71.2 Å². The Balaban J connectivity index is 1.21. The van der Waals surface area contributed by atoms with Gasteiger partial charge < -0.3 is 25.2 Å². The Hall–Kier alpha value is -3.01. The topological polar surface area (TPSA) is 91.0 Å². The third kappa shape index (κ3) is 5.66. The first-order valence-electron chi connectivity index (χ1n) is 15.1. The maximum absolute atomic E-state index is 14.2. The molecule has 1 saturated carbocycles. The fourth-order valence-corrected chi connectivity index (χ4v) is 7.54. The summed E-state index contributed by atoms with van der Waals surface area (Å²) in [4.78, 5) is 45.7. The molecule has 0 aromatic heterocycles. The lowest BCUT2D eigenvalue weighted by atomic mass is 9.74. The molecule has 3 amide bonds. The summed E-state index contributed by atoms with van der Waals surface area (Å²) in [6, 6.07) is 16.9. The minimum absolute atomic E-state index is 0.106. The van der Waals surface area contributed by atoms with Crippen LogP contribution in [0, 0.1) is 11.8 Å². The average molecular weight is 636 g/mol. The maximum Gasteiger partial charge on any atom is 0.246 e. The first-order valence-corrected chi connectivity index (χ1v) is 15.9. The van der Waals surface area contributed by atoms with Crippen LogP contribution in [0.2, 0.25) is 0 Å². The van der Waals surface area contributed by atoms with Gasteiger partial charge in [0.2, 0.25) is 17.7 Å². The molecule has 1 aliphatic carbocycles. The van der Waals surface area contributed by atoms with E-state index in [2.05, 4.69) is 50.6 Å². The Labute approximate surface area is 256 Å². The summed E-state index contributed by atoms with van der Waals surface area (Å²) < 4.78 is 7.40. The van der Waals surface area contributed by atoms with Crippen molar-refractivity contribution in [3.63, 3.8) is 0 Å². The molecule has 9 heteroatoms. The van der Waals surface area contributed by atoms with Crippen LogP contribution in [-0.2, 0) is 25.7 Å². The Morgan fingerprint density at radius 1 is 1.05 bits per heavy atom. The fourth-order valence-electron chi connectivity index (χ4n) is 7.28. The number of fused-ring (bicyclic) bond motifs is 1. The predicted octanol–water partition coefficient (Wildman–Crippen LogP) is 4.51. The molecule has 0 radical (unpaired) electrons. The average Bonchev–Trinajstić information content (AvgIpc) is 3.63. The van der Waals surface area contributed by atoms with Crippen molar-refractivity contribution >= 4 is 39.3 Å². The number of carbonyl (C=O) groups is 3. The highest BCUT2D eigenvalue weighted by Crippen LogP contribution is 2.55. The molecule has 6 rings (SSSR count). The number of anilines is 1. The van der Waals surface area contributed by atoms with E-state index in [4.69, 9.17) is 4.74 Å². The molecule has 2 N–H and O–H groups in total. The number of ether oxygens (including phenoxy) is 1. The zero-order valence-corrected chi connectivity index (χ0v) is 25.6. The van der Waals surface area contributed by atoms with Crippen molar-refractivity contribution in [2.24, 2.45) is 11.8 Å². The first kappa shape index (κ1) is 29.1. The number of nitrogens with zero attached hydrogens (tertiary/aromatic N) is 2. The van der Waals surface area contributed by atoms with Crippen LogP contribution < -0.4 is 10.6 Å². The smallest absolute Gasteiger partial charge is 0.246 e. The summed E-state index contributed by atoms with van der Waals surface area (Å²) in [6.45, 7) is 1.99. The zero-order valence-electron chi connectivity index (χ0n) is 24.0. The molecule has 2 bridgehead atoms. The van der Waals surface area contributed by atoms with Gasteiger partial charge >= 0.3 is 0 Å². The number of carbonyl (C=O) groups excluding carboxylic acids is 3. The highest BCUT2D eigenvalue weighted by atomic mass is 79.9. The van der Waals surface area contributed by atoms with E-state index in [0.29, 0.717) is 18.7 Å². The molecule has 42 heavy (non-hydrogen) atoms. The molecular weight excluding hydrogens is 596 g/mol. The molecule has 2 aromatic carbocycles. The van der Waals surface area contributed by atoms with E-state index in [0.717, 1.165) is 43.2 Å². The normalized spacial score (nSPS) is 28.4. The number of amides is 3. The molecule has 4 aliphatic rings. The SMILES string of the molecule is CN(CCCN1C(=O)C2C(C(=O)Nc3ccc(Br)cc3)C3C=CC2(O3)C1C(=O)NC1CCCCC1)Cc1ccccc1. The molecular formula is C33H39BrN4O4. The van der Waals surface area contributed by atoms with Gasteiger partial charge in [0, 0.05) is 29.3 Å². The van der Waals surface area contributed by atoms with Gasteiger partial charge in [-0.2, -0.15) is 0 Å². The summed E-state index contributed by atoms with van der Waals surface area (Å²) in [5, 5.41) is 6.24. The Kier molecular flexibility index (Phi) is 8.52. The molecule has 222 valence electrons. The van der Waals surface area contributed by atoms with Crippen LogP contribution in [0.25, 0.3) is 0 Å². The van der Waals surface area contributed by atoms with Crippen molar-refractivity contribution in [3.05, 3.63) is 76.8 Å². The van der Waals surface area contributed by atoms with Gasteiger partial charge in [0.1, 0.15) is 11.6 Å². The van der Waals surface area contributed by atoms with Crippen molar-refractivity contribution in [1.29, 1.82) is 0 Å². The largest absolute Gasteiger partial charge is 0.359 e. The lowest BCUT2D eigenvalue weighted by Crippen LogP contribution is -2.56. The van der Waals surface area contributed by atoms with Crippen molar-refractivity contribution in [2.45, 2.75) is 68.9 Å². The van der Waals surface area contributed by atoms with E-state index in [9.17, 15) is 14.4 Å². The summed E-state index contributed by atoms with van der Waals surface area (Å²) in [5.74, 6) is -2.06. The molecule has 3 fully saturated rings. The minimum atomic E-state index is -1.14. The minimum Gasteiger partial charge on any atom is -0.359 e. The van der Waals surface area contributed by atoms with E-state index in [-0.39, 0.29) is 23.8 Å². The quantitative estimate of drug-likeness (QED) is 0.375. The van der Waals surface area contributed by atoms with Gasteiger partial charge in [0.15, 0.2) is 0 Å². The molecule has 8 nitrogen and oxygen atoms in total. The number of hydrogen-bond acceptors (Lipinski definition) is 5. The third-order valence-corrected chi connectivity index (χ3v) is 9.75. The third-order valence-electron chi connectivity index (χ3n) is 9.22. The monoisotopic (exact) mass is 634 g/mol. The van der Waals surface area contributed by atoms with Gasteiger partial charge in [0.25, 0.3) is 0 Å². The summed E-state index contributed by atoms with van der Waals surface area (Å²) >= 11 is 3.42. The second-order valence-corrected chi connectivity index (χ2v) is 13.1. The second-order valence-electron chi connectivity index (χ2n) is 12.1. The molecule has 5 atom stereocenters. The molecule has 2 saturated heterocycles. The van der Waals surface area contributed by atoms with Crippen molar-refractivity contribution in [3.8, 4) is 0 Å². The number of halogens is 1. The highest BCUT2D eigenvalue weighted by molar-refractivity contribution is 9.10. The predicted molar refractivity (Wildman–Crippen MR) is 164 cm³/mol. The van der Waals surface area contributed by atoms with Crippen molar-refractivity contribution in [2.75, 3.05) is 25.5 Å². The van der Waals surface area contributed by atoms with Gasteiger partial charge in [-0.05, 0) is 62.7 Å². The van der Waals surface area contributed by atoms with E-state index >= 15 is 0 Å². The van der Waals surface area contributed by atoms with Crippen LogP contribution in [0.4, 0.5) is 5.69 Å². The van der Waals surface area contributed by atoms with Gasteiger partial charge in [-0.1, -0.05) is 77.7 Å². The number of likely N-dealkylation sites (tertiary alicyclic amines) is 1. The van der Waals surface area contributed by atoms with Gasteiger partial charge in [-0.3, -0.25) is 14.4 Å². The van der Waals surface area contributed by atoms with E-state index in [1.807, 2.05) is 54.6 Å². The molecule has 3 heterocycles. The number of nitrogens with one attached hydrogen (secondary N) is 2. The molecule has 2 aromatic rings. The van der Waals surface area contributed by atoms with Crippen LogP contribution >= 0.6 is 15.9 Å². The maximum atomic E-state index is 14.2. The molecule has 1 spiro atoms. The first-order chi connectivity index (χ1) is 20.4. The molecule has 5 unspecified atom stereocenters. The van der Waals surface area contributed by atoms with Gasteiger partial charge in [0.05, 0.1) is 17.9 Å². The van der Waals surface area contributed by atoms with Crippen LogP contribution in [0.3, 0.4) is 0 Å². The number of rotatable bonds is 10. The Morgan fingerprint density at radius 3 is 2.52 bits per heavy atom. The Morgan fingerprint density at radius 2 is 1.79 bits per heavy atom. The van der Waals surface area contributed by atoms with Crippen LogP contribution in [0.5, 0.6) is 0 Å². The van der Waals surface area contributed by atoms with E-state index in [1.165, 1.54) is 12.0 Å². The lowest BCUT2D eigenvalue weighted by molar-refractivity contribution is -0.141. The summed E-state index contributed by atoms with van der Waals surface area (Å²) in [6.07, 6.45) is 9.19. The standard InChI is InChI=1S/C33H39BrN4O4/c1-37(21-22-9-4-2-5-10-22)19-8-20-38-29(31(40)36-24-11-6-3-7-12-24)33-18-17-26(42-33)27(28(33)32(38)41)30(39)35-25-15-13-23(34)14-16-25/h2,4-5,9-10,13-18,24,26-29H,3,6-8,11-12,19-21H2,1H3,(H,35,39)(H,36,40). The zero-order chi connectivity index (χ0) is 29.3. The van der Waals surface area contributed by atoms with Gasteiger partial charge in [-0.25, -0.2) is 0 Å². The lowest BCUT2D eigenvalue weighted by Gasteiger charge is -2.34.